The van der Waals surface area contributed by atoms with Gasteiger partial charge in [0.25, 0.3) is 0 Å². The van der Waals surface area contributed by atoms with Gasteiger partial charge in [0.15, 0.2) is 5.82 Å². The number of anilines is 1. The number of carbonyl (C=O) groups excluding carboxylic acids is 1. The van der Waals surface area contributed by atoms with Crippen LogP contribution in [0, 0.1) is 23.2 Å². The highest BCUT2D eigenvalue weighted by atomic mass is 16.5. The minimum Gasteiger partial charge on any atom is -0.491 e. The van der Waals surface area contributed by atoms with E-state index in [0.29, 0.717) is 29.8 Å². The van der Waals surface area contributed by atoms with E-state index >= 15 is 0 Å². The van der Waals surface area contributed by atoms with Crippen molar-refractivity contribution in [2.45, 2.75) is 38.1 Å². The zero-order valence-electron chi connectivity index (χ0n) is 17.1. The van der Waals surface area contributed by atoms with Gasteiger partial charge in [-0.1, -0.05) is 0 Å². The third kappa shape index (κ3) is 4.23. The standard InChI is InChI=1S/C23H24N6O2/c24-11-18-9-20(21(12-26-18)31-13-14-1-4-17(25)7-14)16-5-6-29-19(8-16)10-22(28-29)27-23(30)15-2-3-15/h5-6,8-10,12,14-15,17H,1-4,7,13,25H2,(H,27,28,30)/t14-,17+/m1/s1. The number of hydrogen-bond donors (Lipinski definition) is 2. The van der Waals surface area contributed by atoms with Crippen LogP contribution in [0.15, 0.2) is 36.7 Å². The largest absolute Gasteiger partial charge is 0.491 e. The molecule has 0 unspecified atom stereocenters. The average molecular weight is 416 g/mol. The lowest BCUT2D eigenvalue weighted by molar-refractivity contribution is -0.117. The molecule has 0 radical (unpaired) electrons. The Morgan fingerprint density at radius 1 is 1.29 bits per heavy atom. The van der Waals surface area contributed by atoms with Gasteiger partial charge in [0, 0.05) is 29.8 Å². The van der Waals surface area contributed by atoms with Crippen LogP contribution in [0.25, 0.3) is 16.6 Å². The summed E-state index contributed by atoms with van der Waals surface area (Å²) >= 11 is 0. The molecule has 0 spiro atoms. The SMILES string of the molecule is N#Cc1cc(-c2ccn3nc(NC(=O)C4CC4)cc3c2)c(OC[C@@H]2CC[C@H](N)C2)cn1. The van der Waals surface area contributed by atoms with Gasteiger partial charge in [-0.05, 0) is 61.8 Å². The number of nitriles is 1. The second kappa shape index (κ2) is 8.00. The van der Waals surface area contributed by atoms with Crippen molar-refractivity contribution in [3.05, 3.63) is 42.4 Å². The molecule has 1 amide bonds. The first-order chi connectivity index (χ1) is 15.1. The van der Waals surface area contributed by atoms with E-state index in [0.717, 1.165) is 48.7 Å². The number of nitrogens with one attached hydrogen (secondary N) is 1. The molecule has 2 atom stereocenters. The van der Waals surface area contributed by atoms with E-state index in [9.17, 15) is 10.1 Å². The number of aromatic nitrogens is 3. The maximum absolute atomic E-state index is 12.0. The summed E-state index contributed by atoms with van der Waals surface area (Å²) in [5, 5.41) is 16.6. The predicted octanol–water partition coefficient (Wildman–Crippen LogP) is 3.12. The number of amides is 1. The smallest absolute Gasteiger partial charge is 0.228 e. The quantitative estimate of drug-likeness (QED) is 0.637. The molecule has 0 aromatic carbocycles. The molecule has 3 heterocycles. The van der Waals surface area contributed by atoms with E-state index in [4.69, 9.17) is 10.5 Å². The summed E-state index contributed by atoms with van der Waals surface area (Å²) in [6.07, 6.45) is 8.41. The van der Waals surface area contributed by atoms with Crippen LogP contribution in [0.1, 0.15) is 37.8 Å². The van der Waals surface area contributed by atoms with Gasteiger partial charge >= 0.3 is 0 Å². The van der Waals surface area contributed by atoms with Crippen LogP contribution in [-0.2, 0) is 4.79 Å². The van der Waals surface area contributed by atoms with Crippen LogP contribution in [0.2, 0.25) is 0 Å². The molecule has 0 aliphatic heterocycles. The second-order valence-corrected chi connectivity index (χ2v) is 8.51. The van der Waals surface area contributed by atoms with Crippen LogP contribution in [-0.4, -0.2) is 33.2 Å². The molecule has 3 aromatic heterocycles. The number of nitrogens with zero attached hydrogens (tertiary/aromatic N) is 4. The first-order valence-electron chi connectivity index (χ1n) is 10.7. The molecule has 2 fully saturated rings. The molecule has 2 saturated carbocycles. The van der Waals surface area contributed by atoms with Crippen LogP contribution in [0.4, 0.5) is 5.82 Å². The van der Waals surface area contributed by atoms with Gasteiger partial charge < -0.3 is 15.8 Å². The number of pyridine rings is 2. The Morgan fingerprint density at radius 2 is 2.16 bits per heavy atom. The summed E-state index contributed by atoms with van der Waals surface area (Å²) in [6.45, 7) is 0.584. The van der Waals surface area contributed by atoms with Gasteiger partial charge in [-0.25, -0.2) is 9.50 Å². The number of ether oxygens (including phenoxy) is 1. The van der Waals surface area contributed by atoms with Crippen LogP contribution < -0.4 is 15.8 Å². The molecule has 0 saturated heterocycles. The molecule has 3 aromatic rings. The molecular weight excluding hydrogens is 392 g/mol. The topological polar surface area (TPSA) is 118 Å². The Balaban J connectivity index is 1.42. The highest BCUT2D eigenvalue weighted by Crippen LogP contribution is 2.33. The fourth-order valence-electron chi connectivity index (χ4n) is 4.11. The van der Waals surface area contributed by atoms with Crippen molar-refractivity contribution in [1.29, 1.82) is 5.26 Å². The third-order valence-corrected chi connectivity index (χ3v) is 6.01. The molecule has 3 N–H and O–H groups in total. The van der Waals surface area contributed by atoms with Gasteiger partial charge in [-0.15, -0.1) is 0 Å². The summed E-state index contributed by atoms with van der Waals surface area (Å²) in [5.41, 5.74) is 8.89. The maximum Gasteiger partial charge on any atom is 0.228 e. The van der Waals surface area contributed by atoms with Crippen molar-refractivity contribution < 1.29 is 9.53 Å². The van der Waals surface area contributed by atoms with E-state index in [2.05, 4.69) is 21.5 Å². The normalized spacial score (nSPS) is 20.5. The van der Waals surface area contributed by atoms with E-state index < -0.39 is 0 Å². The Hall–Kier alpha value is -3.44. The van der Waals surface area contributed by atoms with Crippen LogP contribution in [0.3, 0.4) is 0 Å². The van der Waals surface area contributed by atoms with Gasteiger partial charge in [0.05, 0.1) is 18.3 Å². The zero-order chi connectivity index (χ0) is 21.4. The first-order valence-corrected chi connectivity index (χ1v) is 10.7. The Bertz CT molecular complexity index is 1180. The minimum atomic E-state index is 0.0266. The highest BCUT2D eigenvalue weighted by Gasteiger charge is 2.30. The zero-order valence-corrected chi connectivity index (χ0v) is 17.1. The Labute approximate surface area is 180 Å². The van der Waals surface area contributed by atoms with Gasteiger partial charge in [0.1, 0.15) is 17.5 Å². The van der Waals surface area contributed by atoms with Crippen molar-refractivity contribution >= 4 is 17.2 Å². The lowest BCUT2D eigenvalue weighted by Gasteiger charge is -2.15. The van der Waals surface area contributed by atoms with E-state index in [-0.39, 0.29) is 17.9 Å². The summed E-state index contributed by atoms with van der Waals surface area (Å²) in [6, 6.07) is 9.83. The lowest BCUT2D eigenvalue weighted by Crippen LogP contribution is -2.17. The fourth-order valence-corrected chi connectivity index (χ4v) is 4.11. The number of hydrogen-bond acceptors (Lipinski definition) is 6. The summed E-state index contributed by atoms with van der Waals surface area (Å²) in [4.78, 5) is 16.2. The lowest BCUT2D eigenvalue weighted by atomic mass is 10.1. The Kier molecular flexibility index (Phi) is 5.04. The molecule has 0 bridgehead atoms. The first kappa shape index (κ1) is 19.5. The van der Waals surface area contributed by atoms with Gasteiger partial charge in [0.2, 0.25) is 5.91 Å². The monoisotopic (exact) mass is 416 g/mol. The molecule has 31 heavy (non-hydrogen) atoms. The molecule has 8 nitrogen and oxygen atoms in total. The van der Waals surface area contributed by atoms with Crippen molar-refractivity contribution in [3.63, 3.8) is 0 Å². The average Bonchev–Trinajstić information content (AvgIpc) is 3.43. The molecule has 5 rings (SSSR count). The second-order valence-electron chi connectivity index (χ2n) is 8.51. The third-order valence-electron chi connectivity index (χ3n) is 6.01. The van der Waals surface area contributed by atoms with E-state index in [1.54, 1.807) is 16.8 Å². The van der Waals surface area contributed by atoms with Crippen molar-refractivity contribution in [2.24, 2.45) is 17.6 Å². The van der Waals surface area contributed by atoms with Crippen LogP contribution >= 0.6 is 0 Å². The highest BCUT2D eigenvalue weighted by molar-refractivity contribution is 5.93. The van der Waals surface area contributed by atoms with E-state index in [1.165, 1.54) is 0 Å². The summed E-state index contributed by atoms with van der Waals surface area (Å²) < 4.78 is 7.84. The molecule has 2 aliphatic rings. The number of rotatable bonds is 6. The number of nitrogens with two attached hydrogens (primary N) is 1. The Morgan fingerprint density at radius 3 is 2.90 bits per heavy atom. The van der Waals surface area contributed by atoms with Gasteiger partial charge in [-0.2, -0.15) is 10.4 Å². The molecule has 2 aliphatic carbocycles. The molecular formula is C23H24N6O2. The van der Waals surface area contributed by atoms with Crippen molar-refractivity contribution in [1.82, 2.24) is 14.6 Å². The molecule has 158 valence electrons. The van der Waals surface area contributed by atoms with Gasteiger partial charge in [-0.3, -0.25) is 4.79 Å². The summed E-state index contributed by atoms with van der Waals surface area (Å²) in [7, 11) is 0. The fraction of sp³-hybridized carbons (Fsp3) is 0.391. The van der Waals surface area contributed by atoms with Crippen molar-refractivity contribution in [3.8, 4) is 22.9 Å². The van der Waals surface area contributed by atoms with Crippen LogP contribution in [0.5, 0.6) is 5.75 Å². The predicted molar refractivity (Wildman–Crippen MR) is 115 cm³/mol. The van der Waals surface area contributed by atoms with Crippen molar-refractivity contribution in [2.75, 3.05) is 11.9 Å². The number of fused-ring (bicyclic) bond motifs is 1. The van der Waals surface area contributed by atoms with E-state index in [1.807, 2.05) is 24.4 Å². The number of carbonyl (C=O) groups is 1. The summed E-state index contributed by atoms with van der Waals surface area (Å²) in [5.74, 6) is 1.77. The minimum absolute atomic E-state index is 0.0266. The maximum atomic E-state index is 12.0. The molecule has 8 heteroatoms.